The van der Waals surface area contributed by atoms with Gasteiger partial charge in [-0.15, -0.1) is 0 Å². The molecule has 0 radical (unpaired) electrons. The summed E-state index contributed by atoms with van der Waals surface area (Å²) in [6, 6.07) is 0. The van der Waals surface area contributed by atoms with Gasteiger partial charge in [0.25, 0.3) is 0 Å². The number of hydrogen-bond donors (Lipinski definition) is 4. The van der Waals surface area contributed by atoms with Crippen LogP contribution in [0.4, 0.5) is 0 Å². The van der Waals surface area contributed by atoms with Gasteiger partial charge in [0.05, 0.1) is 19.8 Å². The molecule has 0 aromatic heterocycles. The third-order valence-corrected chi connectivity index (χ3v) is 5.82. The summed E-state index contributed by atoms with van der Waals surface area (Å²) in [5.41, 5.74) is 0. The molecule has 0 atom stereocenters. The Bertz CT molecular complexity index is 278. The molecule has 0 rings (SSSR count). The minimum absolute atomic E-state index is 0.105. The number of rotatable bonds is 28. The highest BCUT2D eigenvalue weighted by Gasteiger charge is 1.95. The zero-order valence-corrected chi connectivity index (χ0v) is 21.0. The summed E-state index contributed by atoms with van der Waals surface area (Å²) < 4.78 is 5.19. The molecule has 0 amide bonds. The van der Waals surface area contributed by atoms with Crippen LogP contribution in [0.3, 0.4) is 0 Å². The molecule has 0 bridgehead atoms. The molecule has 0 saturated heterocycles. The lowest BCUT2D eigenvalue weighted by Gasteiger charge is -2.08. The average Bonchev–Trinajstić information content (AvgIpc) is 2.78. The Morgan fingerprint density at radius 2 is 0.839 bits per heavy atom. The summed E-state index contributed by atoms with van der Waals surface area (Å²) in [6.45, 7) is 9.53. The van der Waals surface area contributed by atoms with Crippen molar-refractivity contribution < 1.29 is 9.84 Å². The number of ether oxygens (including phenoxy) is 1. The molecule has 0 aliphatic carbocycles. The van der Waals surface area contributed by atoms with Crippen LogP contribution in [0.25, 0.3) is 0 Å². The molecule has 31 heavy (non-hydrogen) atoms. The fourth-order valence-corrected chi connectivity index (χ4v) is 3.84. The molecule has 0 unspecified atom stereocenters. The Morgan fingerprint density at radius 3 is 1.29 bits per heavy atom. The van der Waals surface area contributed by atoms with Crippen molar-refractivity contribution in [1.82, 2.24) is 16.0 Å². The average molecular weight is 444 g/mol. The van der Waals surface area contributed by atoms with E-state index < -0.39 is 0 Å². The summed E-state index contributed by atoms with van der Waals surface area (Å²) >= 11 is 0. The predicted octanol–water partition coefficient (Wildman–Crippen LogP) is 5.03. The van der Waals surface area contributed by atoms with Gasteiger partial charge >= 0.3 is 0 Å². The van der Waals surface area contributed by atoms with E-state index in [0.717, 1.165) is 39.3 Å². The van der Waals surface area contributed by atoms with Crippen molar-refractivity contribution in [1.29, 1.82) is 0 Å². The van der Waals surface area contributed by atoms with Gasteiger partial charge in [-0.3, -0.25) is 0 Å². The smallest absolute Gasteiger partial charge is 0.0698 e. The maximum Gasteiger partial charge on any atom is 0.0698 e. The van der Waals surface area contributed by atoms with Crippen molar-refractivity contribution in [2.75, 3.05) is 59.1 Å². The molecule has 0 saturated carbocycles. The summed E-state index contributed by atoms with van der Waals surface area (Å²) in [4.78, 5) is 0. The summed E-state index contributed by atoms with van der Waals surface area (Å²) in [5, 5.41) is 18.9. The monoisotopic (exact) mass is 443 g/mol. The second kappa shape index (κ2) is 29.8. The molecule has 0 aromatic carbocycles. The van der Waals surface area contributed by atoms with Crippen LogP contribution in [0.2, 0.25) is 0 Å². The van der Waals surface area contributed by atoms with Crippen molar-refractivity contribution in [3.05, 3.63) is 0 Å². The molecule has 0 fully saturated rings. The van der Waals surface area contributed by atoms with Gasteiger partial charge in [0.1, 0.15) is 0 Å². The van der Waals surface area contributed by atoms with Gasteiger partial charge in [0, 0.05) is 32.7 Å². The molecule has 5 heteroatoms. The fourth-order valence-electron chi connectivity index (χ4n) is 3.84. The largest absolute Gasteiger partial charge is 0.394 e. The Labute approximate surface area is 194 Å². The van der Waals surface area contributed by atoms with Crippen LogP contribution in [-0.2, 0) is 4.74 Å². The SMILES string of the molecule is CCCCCCCCCCCCCCCCCCNCCNCCNCCOCCO. The standard InChI is InChI=1S/C26H57N3O2/c1-2-3-4-5-6-7-8-9-10-11-12-13-14-15-16-17-18-27-19-20-28-21-22-29-23-25-31-26-24-30/h27-30H,2-26H2,1H3. The van der Waals surface area contributed by atoms with E-state index in [9.17, 15) is 0 Å². The van der Waals surface area contributed by atoms with E-state index in [1.165, 1.54) is 103 Å². The molecular weight excluding hydrogens is 386 g/mol. The molecule has 188 valence electrons. The van der Waals surface area contributed by atoms with Gasteiger partial charge in [-0.1, -0.05) is 103 Å². The van der Waals surface area contributed by atoms with E-state index in [0.29, 0.717) is 13.2 Å². The fraction of sp³-hybridized carbons (Fsp3) is 1.00. The van der Waals surface area contributed by atoms with Crippen molar-refractivity contribution in [3.8, 4) is 0 Å². The Hall–Kier alpha value is -0.200. The van der Waals surface area contributed by atoms with E-state index in [1.54, 1.807) is 0 Å². The van der Waals surface area contributed by atoms with Crippen LogP contribution in [0.15, 0.2) is 0 Å². The molecular formula is C26H57N3O2. The van der Waals surface area contributed by atoms with Crippen LogP contribution in [-0.4, -0.2) is 64.2 Å². The van der Waals surface area contributed by atoms with Gasteiger partial charge < -0.3 is 25.8 Å². The first-order valence-corrected chi connectivity index (χ1v) is 13.7. The summed E-state index contributed by atoms with van der Waals surface area (Å²) in [5.74, 6) is 0. The molecule has 5 nitrogen and oxygen atoms in total. The van der Waals surface area contributed by atoms with Gasteiger partial charge in [0.15, 0.2) is 0 Å². The Morgan fingerprint density at radius 1 is 0.452 bits per heavy atom. The van der Waals surface area contributed by atoms with Crippen LogP contribution in [0.1, 0.15) is 110 Å². The normalized spacial score (nSPS) is 11.4. The highest BCUT2D eigenvalue weighted by Crippen LogP contribution is 2.13. The van der Waals surface area contributed by atoms with Crippen LogP contribution < -0.4 is 16.0 Å². The minimum Gasteiger partial charge on any atom is -0.394 e. The van der Waals surface area contributed by atoms with E-state index in [1.807, 2.05) is 0 Å². The van der Waals surface area contributed by atoms with Crippen LogP contribution >= 0.6 is 0 Å². The molecule has 0 heterocycles. The number of nitrogens with one attached hydrogen (secondary N) is 3. The van der Waals surface area contributed by atoms with Gasteiger partial charge in [-0.25, -0.2) is 0 Å². The lowest BCUT2D eigenvalue weighted by Crippen LogP contribution is -2.33. The number of aliphatic hydroxyl groups is 1. The summed E-state index contributed by atoms with van der Waals surface area (Å²) in [6.07, 6.45) is 22.9. The zero-order valence-electron chi connectivity index (χ0n) is 21.0. The number of aliphatic hydroxyl groups excluding tert-OH is 1. The van der Waals surface area contributed by atoms with Crippen molar-refractivity contribution in [3.63, 3.8) is 0 Å². The lowest BCUT2D eigenvalue weighted by molar-refractivity contribution is 0.0940. The molecule has 0 spiro atoms. The minimum atomic E-state index is 0.105. The maximum absolute atomic E-state index is 8.60. The number of unbranched alkanes of at least 4 members (excludes halogenated alkanes) is 15. The summed E-state index contributed by atoms with van der Waals surface area (Å²) in [7, 11) is 0. The first kappa shape index (κ1) is 30.8. The van der Waals surface area contributed by atoms with Gasteiger partial charge in [0.2, 0.25) is 0 Å². The van der Waals surface area contributed by atoms with Crippen LogP contribution in [0.5, 0.6) is 0 Å². The molecule has 0 aromatic rings. The zero-order chi connectivity index (χ0) is 22.5. The molecule has 0 aliphatic heterocycles. The lowest BCUT2D eigenvalue weighted by atomic mass is 10.0. The first-order valence-electron chi connectivity index (χ1n) is 13.7. The van der Waals surface area contributed by atoms with Crippen molar-refractivity contribution in [2.24, 2.45) is 0 Å². The maximum atomic E-state index is 8.60. The third-order valence-electron chi connectivity index (χ3n) is 5.82. The van der Waals surface area contributed by atoms with Gasteiger partial charge in [-0.2, -0.15) is 0 Å². The molecule has 0 aliphatic rings. The van der Waals surface area contributed by atoms with Crippen molar-refractivity contribution >= 4 is 0 Å². The Kier molecular flexibility index (Phi) is 29.6. The molecule has 4 N–H and O–H groups in total. The highest BCUT2D eigenvalue weighted by molar-refractivity contribution is 4.56. The highest BCUT2D eigenvalue weighted by atomic mass is 16.5. The van der Waals surface area contributed by atoms with Crippen molar-refractivity contribution in [2.45, 2.75) is 110 Å². The second-order valence-electron chi connectivity index (χ2n) is 8.89. The first-order chi connectivity index (χ1) is 15.4. The second-order valence-corrected chi connectivity index (χ2v) is 8.89. The number of hydrogen-bond acceptors (Lipinski definition) is 5. The Balaban J connectivity index is 2.98. The topological polar surface area (TPSA) is 65.5 Å². The third kappa shape index (κ3) is 29.8. The van der Waals surface area contributed by atoms with E-state index in [-0.39, 0.29) is 6.61 Å². The van der Waals surface area contributed by atoms with E-state index >= 15 is 0 Å². The predicted molar refractivity (Wildman–Crippen MR) is 136 cm³/mol. The van der Waals surface area contributed by atoms with Gasteiger partial charge in [-0.05, 0) is 13.0 Å². The van der Waals surface area contributed by atoms with Crippen LogP contribution in [0, 0.1) is 0 Å². The quantitative estimate of drug-likeness (QED) is 0.128. The van der Waals surface area contributed by atoms with E-state index in [2.05, 4.69) is 22.9 Å². The van der Waals surface area contributed by atoms with E-state index in [4.69, 9.17) is 9.84 Å².